The van der Waals surface area contributed by atoms with Gasteiger partial charge in [0.15, 0.2) is 0 Å². The summed E-state index contributed by atoms with van der Waals surface area (Å²) >= 11 is 0. The van der Waals surface area contributed by atoms with Gasteiger partial charge in [-0.1, -0.05) is 12.1 Å². The number of carboxylic acid groups (broad SMARTS) is 1. The van der Waals surface area contributed by atoms with Crippen molar-refractivity contribution in [1.29, 1.82) is 0 Å². The molecule has 1 atom stereocenters. The predicted octanol–water partition coefficient (Wildman–Crippen LogP) is 2.42. The van der Waals surface area contributed by atoms with Crippen LogP contribution in [-0.4, -0.2) is 24.3 Å². The standard InChI is InChI=1S/C12H15FO3/c1-2-16-7-6-11(12(14)15)9-4-3-5-10(13)8-9/h3-5,8,11H,2,6-7H2,1H3,(H,14,15). The van der Waals surface area contributed by atoms with Crippen molar-refractivity contribution in [3.63, 3.8) is 0 Å². The van der Waals surface area contributed by atoms with Crippen LogP contribution in [0.15, 0.2) is 24.3 Å². The van der Waals surface area contributed by atoms with Crippen LogP contribution >= 0.6 is 0 Å². The summed E-state index contributed by atoms with van der Waals surface area (Å²) in [6.45, 7) is 2.76. The molecule has 0 radical (unpaired) electrons. The molecule has 0 fully saturated rings. The molecule has 0 bridgehead atoms. The third-order valence-electron chi connectivity index (χ3n) is 2.30. The van der Waals surface area contributed by atoms with Crippen LogP contribution in [0.3, 0.4) is 0 Å². The lowest BCUT2D eigenvalue weighted by Gasteiger charge is -2.12. The van der Waals surface area contributed by atoms with E-state index in [1.54, 1.807) is 6.07 Å². The zero-order valence-electron chi connectivity index (χ0n) is 9.15. The fraction of sp³-hybridized carbons (Fsp3) is 0.417. The molecule has 4 heteroatoms. The van der Waals surface area contributed by atoms with Gasteiger partial charge in [-0.3, -0.25) is 4.79 Å². The first-order chi connectivity index (χ1) is 7.65. The predicted molar refractivity (Wildman–Crippen MR) is 57.9 cm³/mol. The topological polar surface area (TPSA) is 46.5 Å². The van der Waals surface area contributed by atoms with Crippen LogP contribution in [-0.2, 0) is 9.53 Å². The molecule has 0 aliphatic rings. The first-order valence-electron chi connectivity index (χ1n) is 5.21. The van der Waals surface area contributed by atoms with E-state index in [4.69, 9.17) is 9.84 Å². The third kappa shape index (κ3) is 3.62. The summed E-state index contributed by atoms with van der Waals surface area (Å²) in [6.07, 6.45) is 0.354. The molecule has 0 aromatic heterocycles. The number of benzene rings is 1. The molecule has 3 nitrogen and oxygen atoms in total. The van der Waals surface area contributed by atoms with E-state index < -0.39 is 17.7 Å². The molecule has 88 valence electrons. The Morgan fingerprint density at radius 3 is 2.88 bits per heavy atom. The summed E-state index contributed by atoms with van der Waals surface area (Å²) in [4.78, 5) is 11.0. The Morgan fingerprint density at radius 1 is 1.56 bits per heavy atom. The van der Waals surface area contributed by atoms with Crippen molar-refractivity contribution in [3.05, 3.63) is 35.6 Å². The Hall–Kier alpha value is -1.42. The van der Waals surface area contributed by atoms with Gasteiger partial charge in [-0.2, -0.15) is 0 Å². The van der Waals surface area contributed by atoms with Crippen LogP contribution in [0.4, 0.5) is 4.39 Å². The molecule has 0 heterocycles. The zero-order chi connectivity index (χ0) is 12.0. The Kier molecular flexibility index (Phi) is 4.92. The lowest BCUT2D eigenvalue weighted by atomic mass is 9.96. The molecule has 1 aromatic rings. The number of carbonyl (C=O) groups is 1. The van der Waals surface area contributed by atoms with Crippen molar-refractivity contribution in [2.24, 2.45) is 0 Å². The van der Waals surface area contributed by atoms with E-state index in [9.17, 15) is 9.18 Å². The number of halogens is 1. The third-order valence-corrected chi connectivity index (χ3v) is 2.30. The first-order valence-corrected chi connectivity index (χ1v) is 5.21. The molecule has 0 saturated heterocycles. The van der Waals surface area contributed by atoms with Crippen LogP contribution in [0.5, 0.6) is 0 Å². The second-order valence-electron chi connectivity index (χ2n) is 3.43. The molecule has 1 rings (SSSR count). The lowest BCUT2D eigenvalue weighted by Crippen LogP contribution is -2.14. The number of ether oxygens (including phenoxy) is 1. The highest BCUT2D eigenvalue weighted by Gasteiger charge is 2.19. The maximum Gasteiger partial charge on any atom is 0.311 e. The van der Waals surface area contributed by atoms with Crippen molar-refractivity contribution >= 4 is 5.97 Å². The maximum atomic E-state index is 13.0. The molecule has 1 unspecified atom stereocenters. The maximum absolute atomic E-state index is 13.0. The summed E-state index contributed by atoms with van der Waals surface area (Å²) < 4.78 is 18.1. The lowest BCUT2D eigenvalue weighted by molar-refractivity contribution is -0.139. The summed E-state index contributed by atoms with van der Waals surface area (Å²) in [5.74, 6) is -2.08. The minimum atomic E-state index is -0.953. The smallest absolute Gasteiger partial charge is 0.311 e. The number of rotatable bonds is 6. The van der Waals surface area contributed by atoms with E-state index in [2.05, 4.69) is 0 Å². The minimum Gasteiger partial charge on any atom is -0.481 e. The van der Waals surface area contributed by atoms with E-state index in [1.807, 2.05) is 6.92 Å². The van der Waals surface area contributed by atoms with Crippen LogP contribution in [0.25, 0.3) is 0 Å². The molecule has 1 N–H and O–H groups in total. The SMILES string of the molecule is CCOCCC(C(=O)O)c1cccc(F)c1. The Morgan fingerprint density at radius 2 is 2.31 bits per heavy atom. The van der Waals surface area contributed by atoms with Gasteiger partial charge in [0.1, 0.15) is 5.82 Å². The number of hydrogen-bond acceptors (Lipinski definition) is 2. The molecular formula is C12H15FO3. The molecule has 16 heavy (non-hydrogen) atoms. The summed E-state index contributed by atoms with van der Waals surface area (Å²) in [5.41, 5.74) is 0.479. The highest BCUT2D eigenvalue weighted by Crippen LogP contribution is 2.20. The molecule has 0 aliphatic heterocycles. The zero-order valence-corrected chi connectivity index (χ0v) is 9.15. The molecule has 1 aromatic carbocycles. The molecule has 0 spiro atoms. The highest BCUT2D eigenvalue weighted by molar-refractivity contribution is 5.76. The van der Waals surface area contributed by atoms with Crippen LogP contribution in [0.2, 0.25) is 0 Å². The molecule has 0 aliphatic carbocycles. The largest absolute Gasteiger partial charge is 0.481 e. The van der Waals surface area contributed by atoms with Gasteiger partial charge < -0.3 is 9.84 Å². The van der Waals surface area contributed by atoms with Gasteiger partial charge in [-0.15, -0.1) is 0 Å². The van der Waals surface area contributed by atoms with Gasteiger partial charge >= 0.3 is 5.97 Å². The normalized spacial score (nSPS) is 12.4. The van der Waals surface area contributed by atoms with Crippen LogP contribution in [0.1, 0.15) is 24.8 Å². The highest BCUT2D eigenvalue weighted by atomic mass is 19.1. The minimum absolute atomic E-state index is 0.354. The van der Waals surface area contributed by atoms with Crippen LogP contribution < -0.4 is 0 Å². The van der Waals surface area contributed by atoms with Gasteiger partial charge in [0.2, 0.25) is 0 Å². The Labute approximate surface area is 93.9 Å². The Balaban J connectivity index is 2.73. The quantitative estimate of drug-likeness (QED) is 0.758. The van der Waals surface area contributed by atoms with Crippen molar-refractivity contribution < 1.29 is 19.0 Å². The van der Waals surface area contributed by atoms with Crippen molar-refractivity contribution in [2.75, 3.05) is 13.2 Å². The monoisotopic (exact) mass is 226 g/mol. The first kappa shape index (κ1) is 12.6. The van der Waals surface area contributed by atoms with Crippen molar-refractivity contribution in [3.8, 4) is 0 Å². The molecule has 0 saturated carbocycles. The average molecular weight is 226 g/mol. The van der Waals surface area contributed by atoms with E-state index >= 15 is 0 Å². The van der Waals surface area contributed by atoms with E-state index in [0.717, 1.165) is 0 Å². The number of carboxylic acids is 1. The van der Waals surface area contributed by atoms with E-state index in [-0.39, 0.29) is 0 Å². The molecule has 0 amide bonds. The molecular weight excluding hydrogens is 211 g/mol. The summed E-state index contributed by atoms with van der Waals surface area (Å²) in [6, 6.07) is 5.69. The van der Waals surface area contributed by atoms with Gasteiger partial charge in [0, 0.05) is 13.2 Å². The van der Waals surface area contributed by atoms with Gasteiger partial charge in [-0.25, -0.2) is 4.39 Å². The second-order valence-corrected chi connectivity index (χ2v) is 3.43. The van der Waals surface area contributed by atoms with E-state index in [0.29, 0.717) is 25.2 Å². The number of aliphatic carboxylic acids is 1. The van der Waals surface area contributed by atoms with Gasteiger partial charge in [0.05, 0.1) is 5.92 Å². The fourth-order valence-corrected chi connectivity index (χ4v) is 1.50. The van der Waals surface area contributed by atoms with Gasteiger partial charge in [-0.05, 0) is 31.0 Å². The average Bonchev–Trinajstić information content (AvgIpc) is 2.24. The summed E-state index contributed by atoms with van der Waals surface area (Å²) in [5, 5.41) is 9.04. The van der Waals surface area contributed by atoms with Crippen LogP contribution in [0, 0.1) is 5.82 Å². The van der Waals surface area contributed by atoms with Gasteiger partial charge in [0.25, 0.3) is 0 Å². The number of hydrogen-bond donors (Lipinski definition) is 1. The van der Waals surface area contributed by atoms with E-state index in [1.165, 1.54) is 18.2 Å². The van der Waals surface area contributed by atoms with Crippen molar-refractivity contribution in [2.45, 2.75) is 19.3 Å². The fourth-order valence-electron chi connectivity index (χ4n) is 1.50. The second kappa shape index (κ2) is 6.23. The summed E-state index contributed by atoms with van der Waals surface area (Å²) in [7, 11) is 0. The Bertz CT molecular complexity index is 352. The van der Waals surface area contributed by atoms with Crippen molar-refractivity contribution in [1.82, 2.24) is 0 Å².